The molecular formula is C26H28N2O6S. The SMILES string of the molecule is COc1ccccc1Oc1ccc(S(=O)(=O)N2CCCCC2)cc1NC(=O)c1ccccc1OC. The van der Waals surface area contributed by atoms with E-state index in [-0.39, 0.29) is 16.3 Å². The van der Waals surface area contributed by atoms with Crippen molar-refractivity contribution in [3.8, 4) is 23.0 Å². The van der Waals surface area contributed by atoms with Gasteiger partial charge in [0.25, 0.3) is 5.91 Å². The molecule has 3 aromatic rings. The topological polar surface area (TPSA) is 94.2 Å². The Kier molecular flexibility index (Phi) is 7.57. The molecular weight excluding hydrogens is 468 g/mol. The smallest absolute Gasteiger partial charge is 0.259 e. The number of para-hydroxylation sites is 3. The van der Waals surface area contributed by atoms with Gasteiger partial charge >= 0.3 is 0 Å². The van der Waals surface area contributed by atoms with Crippen LogP contribution < -0.4 is 19.5 Å². The van der Waals surface area contributed by atoms with Crippen molar-refractivity contribution in [2.75, 3.05) is 32.6 Å². The number of anilines is 1. The van der Waals surface area contributed by atoms with Crippen LogP contribution in [0.4, 0.5) is 5.69 Å². The molecule has 1 fully saturated rings. The zero-order valence-corrected chi connectivity index (χ0v) is 20.5. The van der Waals surface area contributed by atoms with Crippen molar-refractivity contribution >= 4 is 21.6 Å². The maximum atomic E-state index is 13.3. The zero-order chi connectivity index (χ0) is 24.8. The van der Waals surface area contributed by atoms with Gasteiger partial charge in [0.05, 0.1) is 30.4 Å². The van der Waals surface area contributed by atoms with Crippen LogP contribution in [0, 0.1) is 0 Å². The second-order valence-electron chi connectivity index (χ2n) is 8.03. The van der Waals surface area contributed by atoms with Crippen molar-refractivity contribution in [2.45, 2.75) is 24.2 Å². The summed E-state index contributed by atoms with van der Waals surface area (Å²) in [5.41, 5.74) is 0.521. The zero-order valence-electron chi connectivity index (χ0n) is 19.7. The number of methoxy groups -OCH3 is 2. The molecule has 1 aliphatic rings. The molecule has 0 saturated carbocycles. The van der Waals surface area contributed by atoms with Gasteiger partial charge in [0.15, 0.2) is 17.2 Å². The number of nitrogens with zero attached hydrogens (tertiary/aromatic N) is 1. The molecule has 1 saturated heterocycles. The molecule has 8 nitrogen and oxygen atoms in total. The van der Waals surface area contributed by atoms with E-state index in [1.165, 1.54) is 30.7 Å². The lowest BCUT2D eigenvalue weighted by Crippen LogP contribution is -2.35. The Bertz CT molecular complexity index is 1300. The number of amides is 1. The summed E-state index contributed by atoms with van der Waals surface area (Å²) in [4.78, 5) is 13.2. The lowest BCUT2D eigenvalue weighted by Gasteiger charge is -2.26. The largest absolute Gasteiger partial charge is 0.496 e. The van der Waals surface area contributed by atoms with Crippen LogP contribution in [0.3, 0.4) is 0 Å². The highest BCUT2D eigenvalue weighted by atomic mass is 32.2. The van der Waals surface area contributed by atoms with E-state index in [0.29, 0.717) is 35.9 Å². The van der Waals surface area contributed by atoms with Gasteiger partial charge in [-0.3, -0.25) is 4.79 Å². The number of piperidine rings is 1. The first-order valence-electron chi connectivity index (χ1n) is 11.3. The Balaban J connectivity index is 1.73. The summed E-state index contributed by atoms with van der Waals surface area (Å²) >= 11 is 0. The van der Waals surface area contributed by atoms with Gasteiger partial charge in [-0.05, 0) is 55.3 Å². The van der Waals surface area contributed by atoms with E-state index in [1.807, 2.05) is 6.07 Å². The van der Waals surface area contributed by atoms with Crippen molar-refractivity contribution in [2.24, 2.45) is 0 Å². The van der Waals surface area contributed by atoms with E-state index >= 15 is 0 Å². The van der Waals surface area contributed by atoms with Gasteiger partial charge < -0.3 is 19.5 Å². The molecule has 35 heavy (non-hydrogen) atoms. The van der Waals surface area contributed by atoms with E-state index in [9.17, 15) is 13.2 Å². The molecule has 1 N–H and O–H groups in total. The summed E-state index contributed by atoms with van der Waals surface area (Å²) in [6, 6.07) is 18.3. The molecule has 184 valence electrons. The second-order valence-corrected chi connectivity index (χ2v) is 9.97. The molecule has 9 heteroatoms. The van der Waals surface area contributed by atoms with E-state index in [2.05, 4.69) is 5.32 Å². The average molecular weight is 497 g/mol. The predicted octanol–water partition coefficient (Wildman–Crippen LogP) is 4.92. The second kappa shape index (κ2) is 10.8. The van der Waals surface area contributed by atoms with Gasteiger partial charge in [-0.2, -0.15) is 4.31 Å². The quantitative estimate of drug-likeness (QED) is 0.476. The third-order valence-corrected chi connectivity index (χ3v) is 7.69. The predicted molar refractivity (Wildman–Crippen MR) is 133 cm³/mol. The van der Waals surface area contributed by atoms with Crippen LogP contribution in [-0.2, 0) is 10.0 Å². The number of sulfonamides is 1. The molecule has 0 bridgehead atoms. The third-order valence-electron chi connectivity index (χ3n) is 5.79. The van der Waals surface area contributed by atoms with E-state index in [4.69, 9.17) is 14.2 Å². The molecule has 0 atom stereocenters. The molecule has 0 aromatic heterocycles. The van der Waals surface area contributed by atoms with Crippen molar-refractivity contribution in [3.05, 3.63) is 72.3 Å². The van der Waals surface area contributed by atoms with Gasteiger partial charge in [-0.1, -0.05) is 30.7 Å². The van der Waals surface area contributed by atoms with Crippen molar-refractivity contribution in [3.63, 3.8) is 0 Å². The minimum Gasteiger partial charge on any atom is -0.496 e. The summed E-state index contributed by atoms with van der Waals surface area (Å²) in [7, 11) is -0.714. The molecule has 1 heterocycles. The fourth-order valence-electron chi connectivity index (χ4n) is 3.95. The summed E-state index contributed by atoms with van der Waals surface area (Å²) in [6.07, 6.45) is 2.66. The standard InChI is InChI=1S/C26H28N2O6S/c1-32-22-11-5-4-10-20(22)26(29)27-21-18-19(35(30,31)28-16-8-3-9-17-28)14-15-23(21)34-25-13-7-6-12-24(25)33-2/h4-7,10-15,18H,3,8-9,16-17H2,1-2H3,(H,27,29). The van der Waals surface area contributed by atoms with Crippen LogP contribution in [0.25, 0.3) is 0 Å². The maximum Gasteiger partial charge on any atom is 0.259 e. The van der Waals surface area contributed by atoms with Crippen LogP contribution >= 0.6 is 0 Å². The Labute approximate surface area is 205 Å². The molecule has 4 rings (SSSR count). The molecule has 0 spiro atoms. The highest BCUT2D eigenvalue weighted by Gasteiger charge is 2.27. The molecule has 0 aliphatic carbocycles. The van der Waals surface area contributed by atoms with Crippen LogP contribution in [0.1, 0.15) is 29.6 Å². The minimum absolute atomic E-state index is 0.0853. The number of nitrogens with one attached hydrogen (secondary N) is 1. The van der Waals surface area contributed by atoms with Gasteiger partial charge in [0, 0.05) is 13.1 Å². The monoisotopic (exact) mass is 496 g/mol. The average Bonchev–Trinajstić information content (AvgIpc) is 2.90. The number of hydrogen-bond acceptors (Lipinski definition) is 6. The Morgan fingerprint density at radius 3 is 2.11 bits per heavy atom. The maximum absolute atomic E-state index is 13.3. The summed E-state index contributed by atoms with van der Waals surface area (Å²) in [5.74, 6) is 1.14. The summed E-state index contributed by atoms with van der Waals surface area (Å²) < 4.78 is 44.8. The number of ether oxygens (including phenoxy) is 3. The van der Waals surface area contributed by atoms with Gasteiger partial charge in [0.1, 0.15) is 5.75 Å². The number of benzene rings is 3. The first-order chi connectivity index (χ1) is 16.9. The number of carbonyl (C=O) groups excluding carboxylic acids is 1. The van der Waals surface area contributed by atoms with Crippen molar-refractivity contribution in [1.29, 1.82) is 0 Å². The highest BCUT2D eigenvalue weighted by Crippen LogP contribution is 2.37. The third kappa shape index (κ3) is 5.41. The first-order valence-corrected chi connectivity index (χ1v) is 12.8. The lowest BCUT2D eigenvalue weighted by atomic mass is 10.2. The first kappa shape index (κ1) is 24.6. The van der Waals surface area contributed by atoms with Crippen molar-refractivity contribution in [1.82, 2.24) is 4.31 Å². The Hall–Kier alpha value is -3.56. The normalized spacial score (nSPS) is 14.2. The number of rotatable bonds is 8. The van der Waals surface area contributed by atoms with Gasteiger partial charge in [0.2, 0.25) is 10.0 Å². The molecule has 0 radical (unpaired) electrons. The van der Waals surface area contributed by atoms with Crippen LogP contribution in [0.15, 0.2) is 71.6 Å². The van der Waals surface area contributed by atoms with Crippen LogP contribution in [-0.4, -0.2) is 45.9 Å². The van der Waals surface area contributed by atoms with E-state index in [1.54, 1.807) is 48.5 Å². The van der Waals surface area contributed by atoms with Gasteiger partial charge in [-0.25, -0.2) is 8.42 Å². The Morgan fingerprint density at radius 2 is 1.43 bits per heavy atom. The lowest BCUT2D eigenvalue weighted by molar-refractivity contribution is 0.102. The molecule has 1 amide bonds. The fraction of sp³-hybridized carbons (Fsp3) is 0.269. The van der Waals surface area contributed by atoms with E-state index in [0.717, 1.165) is 19.3 Å². The molecule has 1 aliphatic heterocycles. The fourth-order valence-corrected chi connectivity index (χ4v) is 5.50. The van der Waals surface area contributed by atoms with E-state index < -0.39 is 15.9 Å². The minimum atomic E-state index is -3.72. The summed E-state index contributed by atoms with van der Waals surface area (Å²) in [6.45, 7) is 0.954. The highest BCUT2D eigenvalue weighted by molar-refractivity contribution is 7.89. The van der Waals surface area contributed by atoms with Crippen LogP contribution in [0.5, 0.6) is 23.0 Å². The van der Waals surface area contributed by atoms with Crippen molar-refractivity contribution < 1.29 is 27.4 Å². The number of hydrogen-bond donors (Lipinski definition) is 1. The Morgan fingerprint density at radius 1 is 0.800 bits per heavy atom. The molecule has 0 unspecified atom stereocenters. The molecule has 3 aromatic carbocycles. The summed E-state index contributed by atoms with van der Waals surface area (Å²) in [5, 5.41) is 2.81. The van der Waals surface area contributed by atoms with Crippen LogP contribution in [0.2, 0.25) is 0 Å². The van der Waals surface area contributed by atoms with Gasteiger partial charge in [-0.15, -0.1) is 0 Å². The number of carbonyl (C=O) groups is 1.